The first-order valence-corrected chi connectivity index (χ1v) is 8.49. The first-order valence-electron chi connectivity index (χ1n) is 7.27. The summed E-state index contributed by atoms with van der Waals surface area (Å²) in [6, 6.07) is 7.53. The second-order valence-corrected chi connectivity index (χ2v) is 7.38. The van der Waals surface area contributed by atoms with Gasteiger partial charge in [-0.3, -0.25) is 4.79 Å². The van der Waals surface area contributed by atoms with Crippen molar-refractivity contribution in [3.05, 3.63) is 29.8 Å². The summed E-state index contributed by atoms with van der Waals surface area (Å²) in [5.74, 6) is 0.813. The first kappa shape index (κ1) is 16.2. The molecule has 2 rings (SSSR count). The summed E-state index contributed by atoms with van der Waals surface area (Å²) in [5, 5.41) is 2.92. The monoisotopic (exact) mass is 308 g/mol. The Morgan fingerprint density at radius 3 is 2.95 bits per heavy atom. The van der Waals surface area contributed by atoms with Crippen molar-refractivity contribution in [3.8, 4) is 5.75 Å². The van der Waals surface area contributed by atoms with Crippen LogP contribution in [0.4, 0.5) is 0 Å². The molecule has 0 spiro atoms. The van der Waals surface area contributed by atoms with E-state index >= 15 is 0 Å². The Labute approximate surface area is 130 Å². The van der Waals surface area contributed by atoms with Crippen LogP contribution in [0.5, 0.6) is 5.75 Å². The van der Waals surface area contributed by atoms with Crippen molar-refractivity contribution in [1.29, 1.82) is 0 Å². The molecular formula is C16H24N2O2S. The van der Waals surface area contributed by atoms with Crippen molar-refractivity contribution >= 4 is 17.7 Å². The Morgan fingerprint density at radius 2 is 2.24 bits per heavy atom. The van der Waals surface area contributed by atoms with Crippen molar-refractivity contribution < 1.29 is 9.53 Å². The lowest BCUT2D eigenvalue weighted by atomic mass is 10.0. The number of amides is 1. The Bertz CT molecular complexity index is 505. The van der Waals surface area contributed by atoms with Gasteiger partial charge in [-0.25, -0.2) is 0 Å². The second kappa shape index (κ2) is 6.71. The molecule has 0 bridgehead atoms. The third-order valence-electron chi connectivity index (χ3n) is 4.06. The molecule has 1 aliphatic heterocycles. The summed E-state index contributed by atoms with van der Waals surface area (Å²) in [6.45, 7) is 4.47. The summed E-state index contributed by atoms with van der Waals surface area (Å²) in [7, 11) is 0. The van der Waals surface area contributed by atoms with E-state index < -0.39 is 6.04 Å². The van der Waals surface area contributed by atoms with Crippen LogP contribution >= 0.6 is 11.8 Å². The number of hydrogen-bond acceptors (Lipinski definition) is 4. The van der Waals surface area contributed by atoms with Crippen LogP contribution in [0.15, 0.2) is 24.3 Å². The van der Waals surface area contributed by atoms with Crippen molar-refractivity contribution in [2.45, 2.75) is 43.6 Å². The van der Waals surface area contributed by atoms with Gasteiger partial charge in [0.05, 0.1) is 12.6 Å². The van der Waals surface area contributed by atoms with E-state index in [0.29, 0.717) is 6.54 Å². The minimum atomic E-state index is -0.525. The average molecular weight is 308 g/mol. The van der Waals surface area contributed by atoms with Gasteiger partial charge in [-0.1, -0.05) is 18.2 Å². The van der Waals surface area contributed by atoms with Gasteiger partial charge in [0.25, 0.3) is 0 Å². The largest absolute Gasteiger partial charge is 0.488 e. The third-order valence-corrected chi connectivity index (χ3v) is 5.37. The number of benzene rings is 1. The number of rotatable bonds is 5. The predicted octanol–water partition coefficient (Wildman–Crippen LogP) is 1.97. The van der Waals surface area contributed by atoms with Crippen LogP contribution in [0.25, 0.3) is 0 Å². The van der Waals surface area contributed by atoms with Gasteiger partial charge in [0, 0.05) is 4.75 Å². The SMILES string of the molecule is CSC(C)(C)[C@H](N)C(=O)NC[C@H]1CCc2ccccc2O1. The highest BCUT2D eigenvalue weighted by Crippen LogP contribution is 2.27. The summed E-state index contributed by atoms with van der Waals surface area (Å²) >= 11 is 1.60. The maximum absolute atomic E-state index is 12.1. The number of para-hydroxylation sites is 1. The van der Waals surface area contributed by atoms with E-state index in [0.717, 1.165) is 18.6 Å². The molecule has 4 nitrogen and oxygen atoms in total. The van der Waals surface area contributed by atoms with Gasteiger partial charge in [0.2, 0.25) is 5.91 Å². The zero-order valence-electron chi connectivity index (χ0n) is 12.9. The molecule has 0 aliphatic carbocycles. The van der Waals surface area contributed by atoms with E-state index in [1.54, 1.807) is 11.8 Å². The molecular weight excluding hydrogens is 284 g/mol. The quantitative estimate of drug-likeness (QED) is 0.873. The Morgan fingerprint density at radius 1 is 1.52 bits per heavy atom. The van der Waals surface area contributed by atoms with E-state index in [9.17, 15) is 4.79 Å². The molecule has 0 aromatic heterocycles. The lowest BCUT2D eigenvalue weighted by Crippen LogP contribution is -2.53. The highest BCUT2D eigenvalue weighted by Gasteiger charge is 2.31. The lowest BCUT2D eigenvalue weighted by molar-refractivity contribution is -0.123. The van der Waals surface area contributed by atoms with Gasteiger partial charge in [0.1, 0.15) is 11.9 Å². The lowest BCUT2D eigenvalue weighted by Gasteiger charge is -2.30. The van der Waals surface area contributed by atoms with Crippen molar-refractivity contribution in [2.75, 3.05) is 12.8 Å². The van der Waals surface area contributed by atoms with Gasteiger partial charge in [-0.05, 0) is 44.6 Å². The van der Waals surface area contributed by atoms with Crippen molar-refractivity contribution in [1.82, 2.24) is 5.32 Å². The number of nitrogens with two attached hydrogens (primary N) is 1. The molecule has 1 aromatic carbocycles. The minimum Gasteiger partial charge on any atom is -0.488 e. The third kappa shape index (κ3) is 3.92. The number of nitrogens with one attached hydrogen (secondary N) is 1. The average Bonchev–Trinajstić information content (AvgIpc) is 2.51. The van der Waals surface area contributed by atoms with Crippen LogP contribution in [0.1, 0.15) is 25.8 Å². The molecule has 0 saturated carbocycles. The molecule has 116 valence electrons. The van der Waals surface area contributed by atoms with Gasteiger partial charge in [-0.15, -0.1) is 0 Å². The number of fused-ring (bicyclic) bond motifs is 1. The molecule has 0 unspecified atom stereocenters. The molecule has 1 heterocycles. The zero-order valence-corrected chi connectivity index (χ0v) is 13.7. The molecule has 3 N–H and O–H groups in total. The van der Waals surface area contributed by atoms with E-state index in [-0.39, 0.29) is 16.8 Å². The van der Waals surface area contributed by atoms with E-state index in [1.807, 2.05) is 38.3 Å². The van der Waals surface area contributed by atoms with Crippen LogP contribution in [0.2, 0.25) is 0 Å². The molecule has 0 radical (unpaired) electrons. The van der Waals surface area contributed by atoms with E-state index in [2.05, 4.69) is 11.4 Å². The fourth-order valence-electron chi connectivity index (χ4n) is 2.29. The minimum absolute atomic E-state index is 0.0217. The smallest absolute Gasteiger partial charge is 0.238 e. The fraction of sp³-hybridized carbons (Fsp3) is 0.562. The Kier molecular flexibility index (Phi) is 5.17. The van der Waals surface area contributed by atoms with Crippen LogP contribution in [0, 0.1) is 0 Å². The number of thioether (sulfide) groups is 1. The van der Waals surface area contributed by atoms with Gasteiger partial charge in [-0.2, -0.15) is 11.8 Å². The zero-order chi connectivity index (χ0) is 15.5. The van der Waals surface area contributed by atoms with Crippen molar-refractivity contribution in [2.24, 2.45) is 5.73 Å². The summed E-state index contributed by atoms with van der Waals surface area (Å²) < 4.78 is 5.64. The first-order chi connectivity index (χ1) is 9.94. The summed E-state index contributed by atoms with van der Waals surface area (Å²) in [6.07, 6.45) is 3.89. The van der Waals surface area contributed by atoms with Crippen LogP contribution in [-0.2, 0) is 11.2 Å². The maximum atomic E-state index is 12.1. The maximum Gasteiger partial charge on any atom is 0.238 e. The molecule has 0 saturated heterocycles. The highest BCUT2D eigenvalue weighted by atomic mass is 32.2. The second-order valence-electron chi connectivity index (χ2n) is 5.92. The van der Waals surface area contributed by atoms with Gasteiger partial charge >= 0.3 is 0 Å². The standard InChI is InChI=1S/C16H24N2O2S/c1-16(2,21-3)14(17)15(19)18-10-12-9-8-11-6-4-5-7-13(11)20-12/h4-7,12,14H,8-10,17H2,1-3H3,(H,18,19)/t12-,14-/m1/s1. The Balaban J connectivity index is 1.86. The number of carbonyl (C=O) groups is 1. The number of ether oxygens (including phenoxy) is 1. The number of hydrogen-bond donors (Lipinski definition) is 2. The fourth-order valence-corrected chi connectivity index (χ4v) is 2.65. The molecule has 1 aromatic rings. The van der Waals surface area contributed by atoms with Crippen LogP contribution < -0.4 is 15.8 Å². The normalized spacial score (nSPS) is 19.3. The van der Waals surface area contributed by atoms with Crippen LogP contribution in [-0.4, -0.2) is 35.6 Å². The summed E-state index contributed by atoms with van der Waals surface area (Å²) in [5.41, 5.74) is 7.26. The van der Waals surface area contributed by atoms with Gasteiger partial charge in [0.15, 0.2) is 0 Å². The predicted molar refractivity (Wildman–Crippen MR) is 87.8 cm³/mol. The summed E-state index contributed by atoms with van der Waals surface area (Å²) in [4.78, 5) is 12.1. The number of aryl methyl sites for hydroxylation is 1. The van der Waals surface area contributed by atoms with E-state index in [4.69, 9.17) is 10.5 Å². The van der Waals surface area contributed by atoms with Crippen molar-refractivity contribution in [3.63, 3.8) is 0 Å². The van der Waals surface area contributed by atoms with Crippen LogP contribution in [0.3, 0.4) is 0 Å². The Hall–Kier alpha value is -1.20. The topological polar surface area (TPSA) is 64.4 Å². The molecule has 1 amide bonds. The molecule has 1 aliphatic rings. The highest BCUT2D eigenvalue weighted by molar-refractivity contribution is 8.00. The number of carbonyl (C=O) groups excluding carboxylic acids is 1. The van der Waals surface area contributed by atoms with E-state index in [1.165, 1.54) is 5.56 Å². The van der Waals surface area contributed by atoms with Gasteiger partial charge < -0.3 is 15.8 Å². The molecule has 5 heteroatoms. The molecule has 2 atom stereocenters. The molecule has 0 fully saturated rings. The molecule has 21 heavy (non-hydrogen) atoms.